The van der Waals surface area contributed by atoms with Crippen molar-refractivity contribution in [1.29, 1.82) is 0 Å². The van der Waals surface area contributed by atoms with E-state index in [-0.39, 0.29) is 0 Å². The molecule has 0 saturated carbocycles. The molecule has 1 aromatic rings. The highest BCUT2D eigenvalue weighted by molar-refractivity contribution is 6.19. The zero-order chi connectivity index (χ0) is 8.97. The van der Waals surface area contributed by atoms with Gasteiger partial charge in [0.2, 0.25) is 0 Å². The van der Waals surface area contributed by atoms with Gasteiger partial charge in [-0.2, -0.15) is 0 Å². The molecular formula is C9H9Cl3. The van der Waals surface area contributed by atoms with Crippen LogP contribution in [0.2, 0.25) is 0 Å². The minimum atomic E-state index is 0.477. The fourth-order valence-electron chi connectivity index (χ4n) is 1.11. The van der Waals surface area contributed by atoms with Gasteiger partial charge in [0, 0.05) is 17.6 Å². The fourth-order valence-corrected chi connectivity index (χ4v) is 1.95. The van der Waals surface area contributed by atoms with Gasteiger partial charge in [-0.05, 0) is 16.7 Å². The molecule has 0 unspecified atom stereocenters. The third-order valence-electron chi connectivity index (χ3n) is 1.79. The Morgan fingerprint density at radius 3 is 1.67 bits per heavy atom. The minimum Gasteiger partial charge on any atom is -0.122 e. The van der Waals surface area contributed by atoms with Crippen molar-refractivity contribution in [3.63, 3.8) is 0 Å². The summed E-state index contributed by atoms with van der Waals surface area (Å²) in [6.07, 6.45) is 0. The van der Waals surface area contributed by atoms with Gasteiger partial charge in [0.15, 0.2) is 0 Å². The topological polar surface area (TPSA) is 0 Å². The number of halogens is 3. The van der Waals surface area contributed by atoms with Crippen molar-refractivity contribution in [2.24, 2.45) is 0 Å². The lowest BCUT2D eigenvalue weighted by atomic mass is 10.0. The molecule has 1 rings (SSSR count). The van der Waals surface area contributed by atoms with Crippen molar-refractivity contribution in [3.05, 3.63) is 34.9 Å². The third-order valence-corrected chi connectivity index (χ3v) is 2.63. The van der Waals surface area contributed by atoms with Gasteiger partial charge >= 0.3 is 0 Å². The van der Waals surface area contributed by atoms with Crippen LogP contribution in [0, 0.1) is 0 Å². The van der Waals surface area contributed by atoms with Crippen molar-refractivity contribution in [3.8, 4) is 0 Å². The van der Waals surface area contributed by atoms with Gasteiger partial charge in [0.25, 0.3) is 0 Å². The lowest BCUT2D eigenvalue weighted by Crippen LogP contribution is -1.93. The minimum absolute atomic E-state index is 0.477. The summed E-state index contributed by atoms with van der Waals surface area (Å²) < 4.78 is 0. The zero-order valence-electron chi connectivity index (χ0n) is 6.49. The molecule has 0 spiro atoms. The van der Waals surface area contributed by atoms with Crippen LogP contribution in [0.4, 0.5) is 0 Å². The van der Waals surface area contributed by atoms with Gasteiger partial charge in [-0.1, -0.05) is 18.2 Å². The van der Waals surface area contributed by atoms with E-state index in [1.54, 1.807) is 0 Å². The van der Waals surface area contributed by atoms with Crippen LogP contribution < -0.4 is 0 Å². The summed E-state index contributed by atoms with van der Waals surface area (Å²) >= 11 is 17.3. The summed E-state index contributed by atoms with van der Waals surface area (Å²) in [6.45, 7) is 0. The number of alkyl halides is 3. The molecule has 0 aromatic heterocycles. The van der Waals surface area contributed by atoms with Gasteiger partial charge in [-0.15, -0.1) is 34.8 Å². The second kappa shape index (κ2) is 4.96. The van der Waals surface area contributed by atoms with Crippen molar-refractivity contribution >= 4 is 34.8 Å². The van der Waals surface area contributed by atoms with Gasteiger partial charge in [0.1, 0.15) is 0 Å². The van der Waals surface area contributed by atoms with Crippen molar-refractivity contribution in [1.82, 2.24) is 0 Å². The van der Waals surface area contributed by atoms with Crippen molar-refractivity contribution in [2.45, 2.75) is 17.6 Å². The van der Waals surface area contributed by atoms with E-state index in [0.717, 1.165) is 16.7 Å². The Balaban J connectivity index is 3.13. The first-order chi connectivity index (χ1) is 5.83. The lowest BCUT2D eigenvalue weighted by Gasteiger charge is -2.07. The molecule has 0 aliphatic rings. The summed E-state index contributed by atoms with van der Waals surface area (Å²) in [5, 5.41) is 0. The molecule has 0 aliphatic heterocycles. The van der Waals surface area contributed by atoms with E-state index in [1.165, 1.54) is 0 Å². The molecule has 0 heterocycles. The fraction of sp³-hybridized carbons (Fsp3) is 0.333. The molecular weight excluding hydrogens is 214 g/mol. The largest absolute Gasteiger partial charge is 0.122 e. The highest BCUT2D eigenvalue weighted by Gasteiger charge is 2.04. The third kappa shape index (κ3) is 2.07. The van der Waals surface area contributed by atoms with Crippen LogP contribution in [-0.2, 0) is 17.6 Å². The van der Waals surface area contributed by atoms with Crippen LogP contribution in [-0.4, -0.2) is 0 Å². The Morgan fingerprint density at radius 2 is 1.33 bits per heavy atom. The Morgan fingerprint density at radius 1 is 0.833 bits per heavy atom. The summed E-state index contributed by atoms with van der Waals surface area (Å²) in [7, 11) is 0. The smallest absolute Gasteiger partial charge is 0.0480 e. The first-order valence-electron chi connectivity index (χ1n) is 3.61. The zero-order valence-corrected chi connectivity index (χ0v) is 8.76. The molecule has 3 heteroatoms. The Bertz CT molecular complexity index is 236. The second-order valence-corrected chi connectivity index (χ2v) is 3.26. The number of benzene rings is 1. The van der Waals surface area contributed by atoms with E-state index >= 15 is 0 Å². The maximum absolute atomic E-state index is 5.78. The molecule has 0 nitrogen and oxygen atoms in total. The average molecular weight is 224 g/mol. The monoisotopic (exact) mass is 222 g/mol. The SMILES string of the molecule is ClCc1cccc(CCl)c1CCl. The summed E-state index contributed by atoms with van der Waals surface area (Å²) in [4.78, 5) is 0. The van der Waals surface area contributed by atoms with Gasteiger partial charge < -0.3 is 0 Å². The molecule has 0 fully saturated rings. The predicted molar refractivity (Wildman–Crippen MR) is 55.1 cm³/mol. The van der Waals surface area contributed by atoms with E-state index in [9.17, 15) is 0 Å². The van der Waals surface area contributed by atoms with Gasteiger partial charge in [-0.3, -0.25) is 0 Å². The van der Waals surface area contributed by atoms with Crippen LogP contribution in [0.1, 0.15) is 16.7 Å². The maximum Gasteiger partial charge on any atom is 0.0480 e. The normalized spacial score (nSPS) is 10.2. The molecule has 66 valence electrons. The standard InChI is InChI=1S/C9H9Cl3/c10-4-7-2-1-3-8(5-11)9(7)6-12/h1-3H,4-6H2. The molecule has 0 aliphatic carbocycles. The van der Waals surface area contributed by atoms with E-state index in [0.29, 0.717) is 17.6 Å². The first kappa shape index (κ1) is 10.2. The molecule has 0 bridgehead atoms. The highest BCUT2D eigenvalue weighted by atomic mass is 35.5. The van der Waals surface area contributed by atoms with Crippen molar-refractivity contribution < 1.29 is 0 Å². The molecule has 12 heavy (non-hydrogen) atoms. The van der Waals surface area contributed by atoms with E-state index in [4.69, 9.17) is 34.8 Å². The van der Waals surface area contributed by atoms with E-state index in [2.05, 4.69) is 0 Å². The van der Waals surface area contributed by atoms with Crippen molar-refractivity contribution in [2.75, 3.05) is 0 Å². The highest BCUT2D eigenvalue weighted by Crippen LogP contribution is 2.20. The van der Waals surface area contributed by atoms with Crippen LogP contribution in [0.3, 0.4) is 0 Å². The summed E-state index contributed by atoms with van der Waals surface area (Å²) in [5.41, 5.74) is 3.22. The summed E-state index contributed by atoms with van der Waals surface area (Å²) in [6, 6.07) is 5.90. The van der Waals surface area contributed by atoms with Gasteiger partial charge in [0.05, 0.1) is 0 Å². The molecule has 0 amide bonds. The number of hydrogen-bond donors (Lipinski definition) is 0. The molecule has 0 atom stereocenters. The Labute approximate surface area is 87.4 Å². The van der Waals surface area contributed by atoms with Gasteiger partial charge in [-0.25, -0.2) is 0 Å². The van der Waals surface area contributed by atoms with Crippen LogP contribution in [0.5, 0.6) is 0 Å². The lowest BCUT2D eigenvalue weighted by molar-refractivity contribution is 1.19. The molecule has 0 saturated heterocycles. The summed E-state index contributed by atoms with van der Waals surface area (Å²) in [5.74, 6) is 1.46. The second-order valence-electron chi connectivity index (χ2n) is 2.46. The molecule has 1 aromatic carbocycles. The molecule has 0 radical (unpaired) electrons. The maximum atomic E-state index is 5.78. The Kier molecular flexibility index (Phi) is 4.20. The molecule has 0 N–H and O–H groups in total. The van der Waals surface area contributed by atoms with Crippen LogP contribution in [0.25, 0.3) is 0 Å². The first-order valence-corrected chi connectivity index (χ1v) is 5.21. The van der Waals surface area contributed by atoms with Crippen LogP contribution in [0.15, 0.2) is 18.2 Å². The number of rotatable bonds is 3. The predicted octanol–water partition coefficient (Wildman–Crippen LogP) is 3.90. The Hall–Kier alpha value is 0.0900. The average Bonchev–Trinajstić information content (AvgIpc) is 2.16. The quantitative estimate of drug-likeness (QED) is 0.682. The van der Waals surface area contributed by atoms with E-state index < -0.39 is 0 Å². The van der Waals surface area contributed by atoms with E-state index in [1.807, 2.05) is 18.2 Å². The number of hydrogen-bond acceptors (Lipinski definition) is 0. The van der Waals surface area contributed by atoms with Crippen LogP contribution >= 0.6 is 34.8 Å².